The molecule has 0 radical (unpaired) electrons. The molecule has 0 aliphatic rings. The third kappa shape index (κ3) is 5.72. The summed E-state index contributed by atoms with van der Waals surface area (Å²) >= 11 is 0. The lowest BCUT2D eigenvalue weighted by Gasteiger charge is -2.23. The van der Waals surface area contributed by atoms with Gasteiger partial charge in [-0.05, 0) is 47.5 Å². The molecule has 0 saturated heterocycles. The summed E-state index contributed by atoms with van der Waals surface area (Å²) in [6, 6.07) is 19.2. The van der Waals surface area contributed by atoms with Crippen molar-refractivity contribution >= 4 is 11.8 Å². The molecule has 2 aromatic carbocycles. The van der Waals surface area contributed by atoms with Crippen molar-refractivity contribution < 1.29 is 14.3 Å². The summed E-state index contributed by atoms with van der Waals surface area (Å²) in [6.45, 7) is 0.845. The van der Waals surface area contributed by atoms with Gasteiger partial charge in [0, 0.05) is 39.1 Å². The van der Waals surface area contributed by atoms with Crippen molar-refractivity contribution in [3.05, 3.63) is 84.2 Å². The van der Waals surface area contributed by atoms with Crippen molar-refractivity contribution in [1.29, 1.82) is 0 Å². The minimum Gasteiger partial charge on any atom is -0.497 e. The number of benzene rings is 2. The van der Waals surface area contributed by atoms with Gasteiger partial charge in [-0.15, -0.1) is 0 Å². The molecule has 0 bridgehead atoms. The Bertz CT molecular complexity index is 910. The highest BCUT2D eigenvalue weighted by molar-refractivity contribution is 5.70. The van der Waals surface area contributed by atoms with Crippen LogP contribution < -0.4 is 14.4 Å². The molecule has 29 heavy (non-hydrogen) atoms. The molecule has 6 nitrogen and oxygen atoms in total. The van der Waals surface area contributed by atoms with E-state index < -0.39 is 6.09 Å². The fourth-order valence-corrected chi connectivity index (χ4v) is 2.83. The Morgan fingerprint density at radius 3 is 2.03 bits per heavy atom. The summed E-state index contributed by atoms with van der Waals surface area (Å²) in [5, 5.41) is 0. The van der Waals surface area contributed by atoms with Crippen LogP contribution in [0.15, 0.2) is 73.1 Å². The molecule has 0 atom stereocenters. The van der Waals surface area contributed by atoms with Gasteiger partial charge in [-0.3, -0.25) is 9.88 Å². The number of carbonyl (C=O) groups is 1. The van der Waals surface area contributed by atoms with Crippen LogP contribution in [0.4, 0.5) is 10.5 Å². The quantitative estimate of drug-likeness (QED) is 0.599. The second kappa shape index (κ2) is 9.59. The second-order valence-electron chi connectivity index (χ2n) is 6.82. The molecular formula is C23H25N3O3. The fraction of sp³-hybridized carbons (Fsp3) is 0.217. The zero-order valence-electron chi connectivity index (χ0n) is 16.9. The zero-order chi connectivity index (χ0) is 20.6. The number of methoxy groups -OCH3 is 1. The van der Waals surface area contributed by atoms with Gasteiger partial charge in [0.15, 0.2) is 5.75 Å². The highest BCUT2D eigenvalue weighted by Gasteiger charge is 2.17. The van der Waals surface area contributed by atoms with Gasteiger partial charge in [-0.25, -0.2) is 4.79 Å². The summed E-state index contributed by atoms with van der Waals surface area (Å²) in [7, 11) is 5.62. The zero-order valence-corrected chi connectivity index (χ0v) is 16.9. The lowest BCUT2D eigenvalue weighted by atomic mass is 10.1. The van der Waals surface area contributed by atoms with Crippen LogP contribution in [0.3, 0.4) is 0 Å². The van der Waals surface area contributed by atoms with Gasteiger partial charge < -0.3 is 14.4 Å². The number of hydrogen-bond acceptors (Lipinski definition) is 5. The standard InChI is InChI=1S/C23H25N3O3/c1-25(2)20-10-6-18(7-11-20)16-26(17-19-8-12-21(28-3)13-9-19)23(27)29-22-5-4-14-24-15-22/h4-15H,16-17H2,1-3H3. The van der Waals surface area contributed by atoms with Crippen molar-refractivity contribution in [3.63, 3.8) is 0 Å². The maximum atomic E-state index is 12.9. The Balaban J connectivity index is 1.78. The van der Waals surface area contributed by atoms with E-state index in [4.69, 9.17) is 9.47 Å². The van der Waals surface area contributed by atoms with Gasteiger partial charge >= 0.3 is 6.09 Å². The topological polar surface area (TPSA) is 54.9 Å². The van der Waals surface area contributed by atoms with Gasteiger partial charge in [0.2, 0.25) is 0 Å². The van der Waals surface area contributed by atoms with E-state index in [1.807, 2.05) is 67.5 Å². The van der Waals surface area contributed by atoms with Crippen molar-refractivity contribution in [2.75, 3.05) is 26.1 Å². The summed E-state index contributed by atoms with van der Waals surface area (Å²) in [5.41, 5.74) is 3.11. The molecule has 0 fully saturated rings. The summed E-state index contributed by atoms with van der Waals surface area (Å²) in [5.74, 6) is 1.19. The van der Waals surface area contributed by atoms with Crippen LogP contribution in [-0.4, -0.2) is 37.2 Å². The lowest BCUT2D eigenvalue weighted by Crippen LogP contribution is -2.32. The molecule has 0 spiro atoms. The van der Waals surface area contributed by atoms with Crippen molar-refractivity contribution in [2.24, 2.45) is 0 Å². The summed E-state index contributed by atoms with van der Waals surface area (Å²) in [6.07, 6.45) is 2.74. The van der Waals surface area contributed by atoms with Crippen molar-refractivity contribution in [1.82, 2.24) is 9.88 Å². The van der Waals surface area contributed by atoms with Crippen molar-refractivity contribution in [3.8, 4) is 11.5 Å². The number of aromatic nitrogens is 1. The van der Waals surface area contributed by atoms with Gasteiger partial charge in [0.1, 0.15) is 5.75 Å². The van der Waals surface area contributed by atoms with Crippen LogP contribution in [0.1, 0.15) is 11.1 Å². The Morgan fingerprint density at radius 2 is 1.52 bits per heavy atom. The van der Waals surface area contributed by atoms with Crippen LogP contribution in [0.25, 0.3) is 0 Å². The van der Waals surface area contributed by atoms with E-state index in [1.165, 1.54) is 6.20 Å². The maximum absolute atomic E-state index is 12.9. The van der Waals surface area contributed by atoms with Crippen LogP contribution in [0, 0.1) is 0 Å². The van der Waals surface area contributed by atoms with E-state index in [0.29, 0.717) is 18.8 Å². The summed E-state index contributed by atoms with van der Waals surface area (Å²) in [4.78, 5) is 20.6. The average molecular weight is 391 g/mol. The van der Waals surface area contributed by atoms with E-state index in [1.54, 1.807) is 30.3 Å². The minimum atomic E-state index is -0.425. The first-order chi connectivity index (χ1) is 14.0. The molecule has 0 aliphatic carbocycles. The van der Waals surface area contributed by atoms with Gasteiger partial charge in [0.05, 0.1) is 13.3 Å². The third-order valence-corrected chi connectivity index (χ3v) is 4.46. The van der Waals surface area contributed by atoms with Crippen LogP contribution >= 0.6 is 0 Å². The van der Waals surface area contributed by atoms with Gasteiger partial charge in [0.25, 0.3) is 0 Å². The van der Waals surface area contributed by atoms with E-state index in [9.17, 15) is 4.79 Å². The molecule has 3 aromatic rings. The predicted octanol–water partition coefficient (Wildman–Crippen LogP) is 4.36. The molecule has 0 unspecified atom stereocenters. The lowest BCUT2D eigenvalue weighted by molar-refractivity contribution is 0.146. The Morgan fingerprint density at radius 1 is 0.897 bits per heavy atom. The maximum Gasteiger partial charge on any atom is 0.415 e. The molecule has 0 saturated carbocycles. The molecule has 3 rings (SSSR count). The average Bonchev–Trinajstić information content (AvgIpc) is 2.75. The van der Waals surface area contributed by atoms with E-state index in [0.717, 1.165) is 22.6 Å². The van der Waals surface area contributed by atoms with E-state index in [2.05, 4.69) is 4.98 Å². The van der Waals surface area contributed by atoms with Gasteiger partial charge in [-0.1, -0.05) is 24.3 Å². The monoisotopic (exact) mass is 391 g/mol. The molecular weight excluding hydrogens is 366 g/mol. The van der Waals surface area contributed by atoms with E-state index in [-0.39, 0.29) is 0 Å². The first-order valence-corrected chi connectivity index (χ1v) is 9.31. The minimum absolute atomic E-state index is 0.415. The normalized spacial score (nSPS) is 10.3. The number of ether oxygens (including phenoxy) is 2. The second-order valence-corrected chi connectivity index (χ2v) is 6.82. The summed E-state index contributed by atoms with van der Waals surface area (Å²) < 4.78 is 10.7. The predicted molar refractivity (Wildman–Crippen MR) is 113 cm³/mol. The van der Waals surface area contributed by atoms with Crippen LogP contribution in [0.5, 0.6) is 11.5 Å². The largest absolute Gasteiger partial charge is 0.497 e. The van der Waals surface area contributed by atoms with E-state index >= 15 is 0 Å². The number of hydrogen-bond donors (Lipinski definition) is 0. The molecule has 1 amide bonds. The first-order valence-electron chi connectivity index (χ1n) is 9.31. The number of nitrogens with zero attached hydrogens (tertiary/aromatic N) is 3. The van der Waals surface area contributed by atoms with Crippen LogP contribution in [0.2, 0.25) is 0 Å². The fourth-order valence-electron chi connectivity index (χ4n) is 2.83. The highest BCUT2D eigenvalue weighted by Crippen LogP contribution is 2.18. The molecule has 1 heterocycles. The number of carbonyl (C=O) groups excluding carboxylic acids is 1. The molecule has 1 aromatic heterocycles. The molecule has 6 heteroatoms. The third-order valence-electron chi connectivity index (χ3n) is 4.46. The SMILES string of the molecule is COc1ccc(CN(Cc2ccc(N(C)C)cc2)C(=O)Oc2cccnc2)cc1. The molecule has 150 valence electrons. The first kappa shape index (κ1) is 20.2. The molecule has 0 N–H and O–H groups in total. The Hall–Kier alpha value is -3.54. The van der Waals surface area contributed by atoms with Gasteiger partial charge in [-0.2, -0.15) is 0 Å². The number of pyridine rings is 1. The smallest absolute Gasteiger partial charge is 0.415 e. The molecule has 0 aliphatic heterocycles. The highest BCUT2D eigenvalue weighted by atomic mass is 16.6. The van der Waals surface area contributed by atoms with Crippen molar-refractivity contribution in [2.45, 2.75) is 13.1 Å². The number of rotatable bonds is 7. The van der Waals surface area contributed by atoms with Crippen LogP contribution in [-0.2, 0) is 13.1 Å². The number of amides is 1. The Labute approximate surface area is 171 Å². The Kier molecular flexibility index (Phi) is 6.68. The number of anilines is 1.